The molecule has 0 spiro atoms. The van der Waals surface area contributed by atoms with Crippen LogP contribution in [-0.2, 0) is 14.3 Å². The molecule has 3 atom stereocenters. The summed E-state index contributed by atoms with van der Waals surface area (Å²) in [6.45, 7) is 6.45. The van der Waals surface area contributed by atoms with Crippen molar-refractivity contribution in [3.05, 3.63) is 0 Å². The molecular formula is C12H20O3. The predicted octanol–water partition coefficient (Wildman–Crippen LogP) is 2.19. The molecule has 0 saturated heterocycles. The maximum Gasteiger partial charge on any atom is 0.371 e. The molecule has 3 nitrogen and oxygen atoms in total. The molecule has 0 heterocycles. The van der Waals surface area contributed by atoms with Crippen LogP contribution in [0.3, 0.4) is 0 Å². The summed E-state index contributed by atoms with van der Waals surface area (Å²) in [6, 6.07) is 0. The van der Waals surface area contributed by atoms with E-state index in [1.807, 2.05) is 0 Å². The maximum absolute atomic E-state index is 11.0. The van der Waals surface area contributed by atoms with Crippen LogP contribution >= 0.6 is 0 Å². The van der Waals surface area contributed by atoms with Gasteiger partial charge in [-0.3, -0.25) is 4.79 Å². The molecule has 0 aromatic heterocycles. The van der Waals surface area contributed by atoms with Crippen LogP contribution in [0.25, 0.3) is 0 Å². The lowest BCUT2D eigenvalue weighted by molar-refractivity contribution is -0.158. The van der Waals surface area contributed by atoms with E-state index in [-0.39, 0.29) is 12.4 Å². The highest BCUT2D eigenvalue weighted by atomic mass is 16.5. The molecule has 1 saturated carbocycles. The second-order valence-electron chi connectivity index (χ2n) is 4.92. The third-order valence-corrected chi connectivity index (χ3v) is 3.33. The number of esters is 1. The van der Waals surface area contributed by atoms with Gasteiger partial charge in [-0.15, -0.1) is 0 Å². The Hall–Kier alpha value is -0.860. The number of ether oxygens (including phenoxy) is 1. The molecule has 1 fully saturated rings. The summed E-state index contributed by atoms with van der Waals surface area (Å²) < 4.78 is 5.18. The molecule has 1 aliphatic rings. The van der Waals surface area contributed by atoms with E-state index >= 15 is 0 Å². The lowest BCUT2D eigenvalue weighted by atomic mass is 9.75. The molecule has 0 aliphatic heterocycles. The average Bonchev–Trinajstić information content (AvgIpc) is 2.17. The Bertz CT molecular complexity index is 235. The first-order valence-electron chi connectivity index (χ1n) is 5.70. The van der Waals surface area contributed by atoms with Crippen LogP contribution in [0.1, 0.15) is 40.0 Å². The minimum atomic E-state index is -0.722. The molecule has 0 amide bonds. The first-order valence-corrected chi connectivity index (χ1v) is 5.70. The Labute approximate surface area is 91.2 Å². The third kappa shape index (κ3) is 3.33. The molecule has 15 heavy (non-hydrogen) atoms. The zero-order valence-corrected chi connectivity index (χ0v) is 9.73. The summed E-state index contributed by atoms with van der Waals surface area (Å²) in [4.78, 5) is 21.2. The van der Waals surface area contributed by atoms with Crippen LogP contribution in [0.4, 0.5) is 0 Å². The zero-order chi connectivity index (χ0) is 11.4. The van der Waals surface area contributed by atoms with Gasteiger partial charge in [0.1, 0.15) is 6.10 Å². The molecule has 2 unspecified atom stereocenters. The number of hydrogen-bond acceptors (Lipinski definition) is 3. The summed E-state index contributed by atoms with van der Waals surface area (Å²) in [5, 5.41) is 0. The lowest BCUT2D eigenvalue weighted by Gasteiger charge is -2.36. The van der Waals surface area contributed by atoms with E-state index in [0.717, 1.165) is 12.8 Å². The molecule has 0 aromatic rings. The van der Waals surface area contributed by atoms with E-state index in [4.69, 9.17) is 4.74 Å². The normalized spacial score (nSPS) is 31.3. The minimum absolute atomic E-state index is 0.0635. The molecular weight excluding hydrogens is 192 g/mol. The van der Waals surface area contributed by atoms with Crippen LogP contribution in [0, 0.1) is 17.8 Å². The van der Waals surface area contributed by atoms with Gasteiger partial charge in [0.2, 0.25) is 6.29 Å². The Balaban J connectivity index is 2.61. The number of hydrogen-bond donors (Lipinski definition) is 0. The third-order valence-electron chi connectivity index (χ3n) is 3.33. The standard InChI is InChI=1S/C12H20O3/c1-8(2)10-5-4-9(3)6-11(10)15-12(14)7-13/h7-11H,4-6H2,1-3H3/t9-,10?,11?/m0/s1. The van der Waals surface area contributed by atoms with Crippen molar-refractivity contribution in [2.24, 2.45) is 17.8 Å². The molecule has 3 heteroatoms. The van der Waals surface area contributed by atoms with Crippen LogP contribution in [0.15, 0.2) is 0 Å². The molecule has 0 radical (unpaired) electrons. The second-order valence-corrected chi connectivity index (χ2v) is 4.92. The Morgan fingerprint density at radius 3 is 2.60 bits per heavy atom. The van der Waals surface area contributed by atoms with Gasteiger partial charge in [-0.2, -0.15) is 0 Å². The van der Waals surface area contributed by atoms with E-state index in [1.54, 1.807) is 0 Å². The minimum Gasteiger partial charge on any atom is -0.457 e. The monoisotopic (exact) mass is 212 g/mol. The Morgan fingerprint density at radius 1 is 1.40 bits per heavy atom. The molecule has 1 rings (SSSR count). The molecule has 0 N–H and O–H groups in total. The largest absolute Gasteiger partial charge is 0.457 e. The van der Waals surface area contributed by atoms with Crippen molar-refractivity contribution in [2.75, 3.05) is 0 Å². The Morgan fingerprint density at radius 2 is 2.07 bits per heavy atom. The van der Waals surface area contributed by atoms with Crippen LogP contribution < -0.4 is 0 Å². The van der Waals surface area contributed by atoms with Crippen molar-refractivity contribution in [2.45, 2.75) is 46.1 Å². The quantitative estimate of drug-likeness (QED) is 0.409. The fourth-order valence-electron chi connectivity index (χ4n) is 2.43. The lowest BCUT2D eigenvalue weighted by Crippen LogP contribution is -2.36. The highest BCUT2D eigenvalue weighted by molar-refractivity contribution is 6.20. The molecule has 0 bridgehead atoms. The summed E-state index contributed by atoms with van der Waals surface area (Å²) in [5.74, 6) is 0.774. The van der Waals surface area contributed by atoms with Crippen molar-refractivity contribution >= 4 is 12.3 Å². The van der Waals surface area contributed by atoms with Crippen LogP contribution in [0.5, 0.6) is 0 Å². The van der Waals surface area contributed by atoms with Crippen molar-refractivity contribution in [3.8, 4) is 0 Å². The van der Waals surface area contributed by atoms with Gasteiger partial charge in [-0.05, 0) is 30.6 Å². The SMILES string of the molecule is CC(C)C1CC[C@H](C)CC1OC(=O)C=O. The fourth-order valence-corrected chi connectivity index (χ4v) is 2.43. The van der Waals surface area contributed by atoms with Gasteiger partial charge in [0.25, 0.3) is 0 Å². The Kier molecular flexibility index (Phi) is 4.30. The fraction of sp³-hybridized carbons (Fsp3) is 0.833. The van der Waals surface area contributed by atoms with E-state index in [9.17, 15) is 9.59 Å². The van der Waals surface area contributed by atoms with Crippen molar-refractivity contribution in [3.63, 3.8) is 0 Å². The van der Waals surface area contributed by atoms with Gasteiger partial charge in [0.15, 0.2) is 0 Å². The van der Waals surface area contributed by atoms with Crippen molar-refractivity contribution in [1.82, 2.24) is 0 Å². The van der Waals surface area contributed by atoms with Gasteiger partial charge < -0.3 is 4.74 Å². The average molecular weight is 212 g/mol. The van der Waals surface area contributed by atoms with E-state index < -0.39 is 5.97 Å². The topological polar surface area (TPSA) is 43.4 Å². The highest BCUT2D eigenvalue weighted by Gasteiger charge is 2.33. The van der Waals surface area contributed by atoms with Gasteiger partial charge in [-0.1, -0.05) is 27.2 Å². The van der Waals surface area contributed by atoms with Gasteiger partial charge in [0, 0.05) is 0 Å². The number of carbonyl (C=O) groups is 2. The molecule has 0 aromatic carbocycles. The predicted molar refractivity (Wildman–Crippen MR) is 57.3 cm³/mol. The van der Waals surface area contributed by atoms with Gasteiger partial charge in [0.05, 0.1) is 0 Å². The molecule has 1 aliphatic carbocycles. The summed E-state index contributed by atoms with van der Waals surface area (Å²) >= 11 is 0. The van der Waals surface area contributed by atoms with Gasteiger partial charge in [-0.25, -0.2) is 4.79 Å². The van der Waals surface area contributed by atoms with E-state index in [2.05, 4.69) is 20.8 Å². The molecule has 86 valence electrons. The first kappa shape index (κ1) is 12.2. The maximum atomic E-state index is 11.0. The zero-order valence-electron chi connectivity index (χ0n) is 9.73. The second kappa shape index (κ2) is 5.29. The van der Waals surface area contributed by atoms with E-state index in [1.165, 1.54) is 6.42 Å². The van der Waals surface area contributed by atoms with Gasteiger partial charge >= 0.3 is 5.97 Å². The highest BCUT2D eigenvalue weighted by Crippen LogP contribution is 2.35. The van der Waals surface area contributed by atoms with Crippen LogP contribution in [-0.4, -0.2) is 18.4 Å². The van der Waals surface area contributed by atoms with Crippen LogP contribution in [0.2, 0.25) is 0 Å². The summed E-state index contributed by atoms with van der Waals surface area (Å²) in [6.07, 6.45) is 3.37. The number of aldehydes is 1. The first-order chi connectivity index (χ1) is 7.04. The van der Waals surface area contributed by atoms with Crippen molar-refractivity contribution < 1.29 is 14.3 Å². The number of carbonyl (C=O) groups excluding carboxylic acids is 2. The van der Waals surface area contributed by atoms with Crippen molar-refractivity contribution in [1.29, 1.82) is 0 Å². The smallest absolute Gasteiger partial charge is 0.371 e. The number of rotatable bonds is 3. The summed E-state index contributed by atoms with van der Waals surface area (Å²) in [5.41, 5.74) is 0. The summed E-state index contributed by atoms with van der Waals surface area (Å²) in [7, 11) is 0. The van der Waals surface area contributed by atoms with E-state index in [0.29, 0.717) is 17.8 Å².